The highest BCUT2D eigenvalue weighted by Crippen LogP contribution is 2.21. The predicted octanol–water partition coefficient (Wildman–Crippen LogP) is 2.62. The van der Waals surface area contributed by atoms with Gasteiger partial charge in [0.2, 0.25) is 0 Å². The number of hydrogen-bond donors (Lipinski definition) is 2. The maximum Gasteiger partial charge on any atom is 0.142 e. The number of phenolic OH excluding ortho intramolecular Hbond substituents is 1. The molecule has 0 saturated heterocycles. The highest BCUT2D eigenvalue weighted by molar-refractivity contribution is 5.83. The van der Waals surface area contributed by atoms with Gasteiger partial charge in [-0.05, 0) is 19.0 Å². The molecule has 2 aromatic rings. The van der Waals surface area contributed by atoms with Crippen molar-refractivity contribution in [2.24, 2.45) is 0 Å². The van der Waals surface area contributed by atoms with Gasteiger partial charge >= 0.3 is 0 Å². The van der Waals surface area contributed by atoms with E-state index < -0.39 is 0 Å². The number of para-hydroxylation sites is 1. The van der Waals surface area contributed by atoms with E-state index in [9.17, 15) is 5.11 Å². The van der Waals surface area contributed by atoms with Crippen LogP contribution in [0, 0.1) is 0 Å². The fraction of sp³-hybridized carbons (Fsp3) is 0.429. The summed E-state index contributed by atoms with van der Waals surface area (Å²) in [5.41, 5.74) is 0.623. The van der Waals surface area contributed by atoms with E-state index in [4.69, 9.17) is 0 Å². The number of rotatable bonds is 6. The minimum atomic E-state index is 0.210. The van der Waals surface area contributed by atoms with Crippen LogP contribution in [-0.4, -0.2) is 21.6 Å². The molecule has 1 heterocycles. The first-order valence-corrected chi connectivity index (χ1v) is 6.45. The van der Waals surface area contributed by atoms with Crippen LogP contribution in [0.1, 0.15) is 32.0 Å². The van der Waals surface area contributed by atoms with Gasteiger partial charge < -0.3 is 10.4 Å². The standard InChI is InChI=1S/C14H19N3O/c1-2-3-4-8-15-10-13-16-9-11-6-5-7-12(18)14(11)17-13/h5-7,9,15,18H,2-4,8,10H2,1H3. The number of aromatic nitrogens is 2. The Bertz CT molecular complexity index is 513. The van der Waals surface area contributed by atoms with E-state index in [2.05, 4.69) is 22.2 Å². The van der Waals surface area contributed by atoms with Crippen LogP contribution in [-0.2, 0) is 6.54 Å². The van der Waals surface area contributed by atoms with Gasteiger partial charge in [0.15, 0.2) is 0 Å². The number of hydrogen-bond acceptors (Lipinski definition) is 4. The lowest BCUT2D eigenvalue weighted by atomic mass is 10.2. The molecule has 4 nitrogen and oxygen atoms in total. The Morgan fingerprint density at radius 1 is 1.28 bits per heavy atom. The first-order chi connectivity index (χ1) is 8.81. The summed E-state index contributed by atoms with van der Waals surface area (Å²) >= 11 is 0. The Balaban J connectivity index is 1.99. The van der Waals surface area contributed by atoms with E-state index in [1.165, 1.54) is 19.3 Å². The van der Waals surface area contributed by atoms with Gasteiger partial charge in [-0.2, -0.15) is 0 Å². The lowest BCUT2D eigenvalue weighted by Crippen LogP contribution is -2.16. The molecule has 0 spiro atoms. The third-order valence-electron chi connectivity index (χ3n) is 2.88. The minimum Gasteiger partial charge on any atom is -0.506 e. The zero-order chi connectivity index (χ0) is 12.8. The van der Waals surface area contributed by atoms with Crippen molar-refractivity contribution >= 4 is 10.9 Å². The van der Waals surface area contributed by atoms with Gasteiger partial charge in [0.1, 0.15) is 17.1 Å². The smallest absolute Gasteiger partial charge is 0.142 e. The fourth-order valence-electron chi connectivity index (χ4n) is 1.86. The van der Waals surface area contributed by atoms with Crippen molar-refractivity contribution in [1.29, 1.82) is 0 Å². The first kappa shape index (κ1) is 12.8. The van der Waals surface area contributed by atoms with Crippen molar-refractivity contribution in [1.82, 2.24) is 15.3 Å². The number of fused-ring (bicyclic) bond motifs is 1. The third-order valence-corrected chi connectivity index (χ3v) is 2.88. The van der Waals surface area contributed by atoms with Crippen LogP contribution in [0.25, 0.3) is 10.9 Å². The van der Waals surface area contributed by atoms with Crippen LogP contribution < -0.4 is 5.32 Å². The molecule has 0 atom stereocenters. The Kier molecular flexibility index (Phi) is 4.47. The SMILES string of the molecule is CCCCCNCc1ncc2cccc(O)c2n1. The molecule has 0 radical (unpaired) electrons. The molecule has 4 heteroatoms. The van der Waals surface area contributed by atoms with Crippen LogP contribution in [0.15, 0.2) is 24.4 Å². The van der Waals surface area contributed by atoms with Crippen molar-refractivity contribution in [3.8, 4) is 5.75 Å². The number of nitrogens with zero attached hydrogens (tertiary/aromatic N) is 2. The Labute approximate surface area is 107 Å². The van der Waals surface area contributed by atoms with Gasteiger partial charge in [-0.1, -0.05) is 31.9 Å². The molecule has 1 aromatic heterocycles. The molecule has 0 unspecified atom stereocenters. The molecule has 0 aliphatic rings. The molecule has 0 aliphatic heterocycles. The molecule has 0 aliphatic carbocycles. The molecule has 96 valence electrons. The second kappa shape index (κ2) is 6.31. The first-order valence-electron chi connectivity index (χ1n) is 6.45. The Morgan fingerprint density at radius 3 is 3.00 bits per heavy atom. The Morgan fingerprint density at radius 2 is 2.17 bits per heavy atom. The van der Waals surface area contributed by atoms with E-state index in [0.717, 1.165) is 17.8 Å². The summed E-state index contributed by atoms with van der Waals surface area (Å²) in [5, 5.41) is 13.9. The van der Waals surface area contributed by atoms with Gasteiger partial charge in [0.05, 0.1) is 6.54 Å². The lowest BCUT2D eigenvalue weighted by Gasteiger charge is -2.05. The summed E-state index contributed by atoms with van der Waals surface area (Å²) in [4.78, 5) is 8.65. The summed E-state index contributed by atoms with van der Waals surface area (Å²) < 4.78 is 0. The molecular formula is C14H19N3O. The van der Waals surface area contributed by atoms with Crippen LogP contribution in [0.3, 0.4) is 0 Å². The molecule has 2 rings (SSSR count). The fourth-order valence-corrected chi connectivity index (χ4v) is 1.86. The van der Waals surface area contributed by atoms with Crippen LogP contribution in [0.4, 0.5) is 0 Å². The van der Waals surface area contributed by atoms with Gasteiger partial charge in [-0.3, -0.25) is 0 Å². The van der Waals surface area contributed by atoms with E-state index in [1.54, 1.807) is 18.3 Å². The lowest BCUT2D eigenvalue weighted by molar-refractivity contribution is 0.480. The highest BCUT2D eigenvalue weighted by Gasteiger charge is 2.03. The van der Waals surface area contributed by atoms with Crippen LogP contribution >= 0.6 is 0 Å². The van der Waals surface area contributed by atoms with Crippen LogP contribution in [0.2, 0.25) is 0 Å². The zero-order valence-electron chi connectivity index (χ0n) is 10.7. The minimum absolute atomic E-state index is 0.210. The molecule has 0 fully saturated rings. The normalized spacial score (nSPS) is 10.9. The molecule has 1 aromatic carbocycles. The average molecular weight is 245 g/mol. The van der Waals surface area contributed by atoms with E-state index in [-0.39, 0.29) is 5.75 Å². The zero-order valence-corrected chi connectivity index (χ0v) is 10.7. The Hall–Kier alpha value is -1.68. The number of aromatic hydroxyl groups is 1. The summed E-state index contributed by atoms with van der Waals surface area (Å²) in [6.45, 7) is 3.82. The van der Waals surface area contributed by atoms with Crippen molar-refractivity contribution in [2.75, 3.05) is 6.54 Å². The number of nitrogens with one attached hydrogen (secondary N) is 1. The maximum absolute atomic E-state index is 9.73. The molecule has 0 amide bonds. The van der Waals surface area contributed by atoms with Crippen molar-refractivity contribution in [3.05, 3.63) is 30.2 Å². The maximum atomic E-state index is 9.73. The number of benzene rings is 1. The summed E-state index contributed by atoms with van der Waals surface area (Å²) in [6.07, 6.45) is 5.40. The summed E-state index contributed by atoms with van der Waals surface area (Å²) in [7, 11) is 0. The average Bonchev–Trinajstić information content (AvgIpc) is 2.39. The van der Waals surface area contributed by atoms with E-state index in [1.807, 2.05) is 6.07 Å². The number of unbranched alkanes of at least 4 members (excludes halogenated alkanes) is 2. The quantitative estimate of drug-likeness (QED) is 0.768. The molecule has 0 bridgehead atoms. The number of phenols is 1. The van der Waals surface area contributed by atoms with E-state index in [0.29, 0.717) is 12.1 Å². The van der Waals surface area contributed by atoms with Crippen molar-refractivity contribution in [3.63, 3.8) is 0 Å². The second-order valence-electron chi connectivity index (χ2n) is 4.39. The van der Waals surface area contributed by atoms with Gasteiger partial charge in [0.25, 0.3) is 0 Å². The van der Waals surface area contributed by atoms with Gasteiger partial charge in [-0.25, -0.2) is 9.97 Å². The van der Waals surface area contributed by atoms with Gasteiger partial charge in [-0.15, -0.1) is 0 Å². The van der Waals surface area contributed by atoms with Crippen molar-refractivity contribution < 1.29 is 5.11 Å². The molecule has 2 N–H and O–H groups in total. The molecule has 0 saturated carbocycles. The summed E-state index contributed by atoms with van der Waals surface area (Å²) in [5.74, 6) is 0.933. The predicted molar refractivity (Wildman–Crippen MR) is 72.4 cm³/mol. The largest absolute Gasteiger partial charge is 0.506 e. The topological polar surface area (TPSA) is 58.0 Å². The molecular weight excluding hydrogens is 226 g/mol. The summed E-state index contributed by atoms with van der Waals surface area (Å²) in [6, 6.07) is 5.34. The highest BCUT2D eigenvalue weighted by atomic mass is 16.3. The monoisotopic (exact) mass is 245 g/mol. The third kappa shape index (κ3) is 3.17. The van der Waals surface area contributed by atoms with Crippen molar-refractivity contribution in [2.45, 2.75) is 32.7 Å². The van der Waals surface area contributed by atoms with Gasteiger partial charge in [0, 0.05) is 11.6 Å². The van der Waals surface area contributed by atoms with Crippen LogP contribution in [0.5, 0.6) is 5.75 Å². The second-order valence-corrected chi connectivity index (χ2v) is 4.39. The molecule has 18 heavy (non-hydrogen) atoms. The van der Waals surface area contributed by atoms with E-state index >= 15 is 0 Å².